The smallest absolute Gasteiger partial charge is 0.241 e. The molecule has 2 heterocycles. The summed E-state index contributed by atoms with van der Waals surface area (Å²) in [6.45, 7) is 1.49. The summed E-state index contributed by atoms with van der Waals surface area (Å²) in [6, 6.07) is 15.0. The maximum Gasteiger partial charge on any atom is 0.241 e. The zero-order valence-electron chi connectivity index (χ0n) is 15.0. The second-order valence-corrected chi connectivity index (χ2v) is 6.68. The third-order valence-corrected chi connectivity index (χ3v) is 5.26. The first-order valence-corrected chi connectivity index (χ1v) is 8.59. The largest absolute Gasteiger partial charge is 0.495 e. The highest BCUT2D eigenvalue weighted by Gasteiger charge is 2.55. The monoisotopic (exact) mass is 351 g/mol. The number of carbonyl (C=O) groups excluding carboxylic acids is 2. The van der Waals surface area contributed by atoms with E-state index < -0.39 is 5.92 Å². The number of para-hydroxylation sites is 4. The van der Waals surface area contributed by atoms with Crippen LogP contribution in [0, 0.1) is 5.92 Å². The van der Waals surface area contributed by atoms with E-state index in [0.717, 1.165) is 11.4 Å². The highest BCUT2D eigenvalue weighted by atomic mass is 16.5. The van der Waals surface area contributed by atoms with Crippen molar-refractivity contribution in [2.24, 2.45) is 5.92 Å². The van der Waals surface area contributed by atoms with E-state index in [1.807, 2.05) is 60.5 Å². The highest BCUT2D eigenvalue weighted by Crippen LogP contribution is 2.44. The van der Waals surface area contributed by atoms with Gasteiger partial charge < -0.3 is 15.0 Å². The Balaban J connectivity index is 1.87. The van der Waals surface area contributed by atoms with E-state index in [0.29, 0.717) is 11.4 Å². The molecule has 4 rings (SSSR count). The summed E-state index contributed by atoms with van der Waals surface area (Å²) in [7, 11) is 3.52. The first kappa shape index (κ1) is 16.4. The van der Waals surface area contributed by atoms with E-state index in [1.165, 1.54) is 6.92 Å². The Bertz CT molecular complexity index is 882. The van der Waals surface area contributed by atoms with Crippen LogP contribution in [-0.4, -0.2) is 38.1 Å². The number of rotatable bonds is 3. The lowest BCUT2D eigenvalue weighted by atomic mass is 9.94. The van der Waals surface area contributed by atoms with Crippen LogP contribution in [0.1, 0.15) is 6.92 Å². The Morgan fingerprint density at radius 3 is 2.42 bits per heavy atom. The van der Waals surface area contributed by atoms with E-state index in [1.54, 1.807) is 12.0 Å². The molecule has 2 aliphatic rings. The summed E-state index contributed by atoms with van der Waals surface area (Å²) in [5.41, 5.74) is 2.59. The zero-order chi connectivity index (χ0) is 18.4. The van der Waals surface area contributed by atoms with Crippen LogP contribution in [0.3, 0.4) is 0 Å². The quantitative estimate of drug-likeness (QED) is 0.861. The van der Waals surface area contributed by atoms with Crippen molar-refractivity contribution in [1.29, 1.82) is 0 Å². The van der Waals surface area contributed by atoms with Crippen LogP contribution < -0.4 is 19.9 Å². The second-order valence-electron chi connectivity index (χ2n) is 6.68. The molecule has 0 aliphatic carbocycles. The number of ketones is 1. The van der Waals surface area contributed by atoms with Gasteiger partial charge in [-0.3, -0.25) is 14.5 Å². The fourth-order valence-corrected chi connectivity index (χ4v) is 4.09. The van der Waals surface area contributed by atoms with Gasteiger partial charge in [0.2, 0.25) is 5.91 Å². The molecule has 6 heteroatoms. The van der Waals surface area contributed by atoms with Crippen molar-refractivity contribution < 1.29 is 14.3 Å². The summed E-state index contributed by atoms with van der Waals surface area (Å²) in [5.74, 6) is -0.456. The van der Waals surface area contributed by atoms with E-state index in [4.69, 9.17) is 4.74 Å². The maximum atomic E-state index is 13.3. The third kappa shape index (κ3) is 2.25. The molecule has 1 fully saturated rings. The van der Waals surface area contributed by atoms with Crippen molar-refractivity contribution in [1.82, 2.24) is 0 Å². The average molecular weight is 351 g/mol. The molecule has 1 N–H and O–H groups in total. The summed E-state index contributed by atoms with van der Waals surface area (Å²) in [6.07, 6.45) is -0.354. The van der Waals surface area contributed by atoms with Crippen molar-refractivity contribution in [3.05, 3.63) is 48.5 Å². The minimum Gasteiger partial charge on any atom is -0.495 e. The fourth-order valence-electron chi connectivity index (χ4n) is 4.09. The number of amides is 1. The first-order valence-electron chi connectivity index (χ1n) is 8.59. The molecule has 2 aromatic rings. The van der Waals surface area contributed by atoms with Crippen LogP contribution in [0.2, 0.25) is 0 Å². The van der Waals surface area contributed by atoms with Crippen molar-refractivity contribution >= 4 is 28.8 Å². The molecule has 0 spiro atoms. The van der Waals surface area contributed by atoms with E-state index >= 15 is 0 Å². The molecule has 6 nitrogen and oxygen atoms in total. The van der Waals surface area contributed by atoms with Crippen LogP contribution >= 0.6 is 0 Å². The van der Waals surface area contributed by atoms with Crippen molar-refractivity contribution in [3.63, 3.8) is 0 Å². The summed E-state index contributed by atoms with van der Waals surface area (Å²) in [4.78, 5) is 29.3. The SMILES string of the molecule is COc1ccccc1N1C(=O)C(C(C)=O)C2C1Nc1ccccc1N2C. The third-order valence-electron chi connectivity index (χ3n) is 5.26. The molecule has 0 saturated carbocycles. The minimum absolute atomic E-state index is 0.129. The molecule has 26 heavy (non-hydrogen) atoms. The van der Waals surface area contributed by atoms with Gasteiger partial charge in [-0.2, -0.15) is 0 Å². The van der Waals surface area contributed by atoms with E-state index in [-0.39, 0.29) is 23.9 Å². The number of benzene rings is 2. The number of anilines is 3. The Kier molecular flexibility index (Phi) is 3.83. The summed E-state index contributed by atoms with van der Waals surface area (Å²) in [5, 5.41) is 3.46. The van der Waals surface area contributed by atoms with Gasteiger partial charge in [0.25, 0.3) is 0 Å². The molecular weight excluding hydrogens is 330 g/mol. The maximum absolute atomic E-state index is 13.3. The fraction of sp³-hybridized carbons (Fsp3) is 0.300. The van der Waals surface area contributed by atoms with E-state index in [9.17, 15) is 9.59 Å². The number of methoxy groups -OCH3 is 1. The van der Waals surface area contributed by atoms with Gasteiger partial charge >= 0.3 is 0 Å². The van der Waals surface area contributed by atoms with Crippen LogP contribution in [0.15, 0.2) is 48.5 Å². The van der Waals surface area contributed by atoms with Crippen molar-refractivity contribution in [3.8, 4) is 5.75 Å². The molecule has 1 saturated heterocycles. The molecule has 1 amide bonds. The van der Waals surface area contributed by atoms with Gasteiger partial charge in [0.1, 0.15) is 23.6 Å². The number of nitrogens with zero attached hydrogens (tertiary/aromatic N) is 2. The lowest BCUT2D eigenvalue weighted by Crippen LogP contribution is -2.54. The summed E-state index contributed by atoms with van der Waals surface area (Å²) < 4.78 is 5.46. The highest BCUT2D eigenvalue weighted by molar-refractivity contribution is 6.13. The number of likely N-dealkylation sites (N-methyl/N-ethyl adjacent to an activating group) is 1. The second kappa shape index (κ2) is 6.05. The lowest BCUT2D eigenvalue weighted by Gasteiger charge is -2.41. The molecule has 0 bridgehead atoms. The van der Waals surface area contributed by atoms with Crippen molar-refractivity contribution in [2.45, 2.75) is 19.1 Å². The molecular formula is C20H21N3O3. The molecule has 0 radical (unpaired) electrons. The number of hydrogen-bond acceptors (Lipinski definition) is 5. The van der Waals surface area contributed by atoms with Gasteiger partial charge in [-0.1, -0.05) is 24.3 Å². The Hall–Kier alpha value is -3.02. The number of hydrogen-bond donors (Lipinski definition) is 1. The number of ether oxygens (including phenoxy) is 1. The van der Waals surface area contributed by atoms with Gasteiger partial charge in [-0.05, 0) is 31.2 Å². The predicted octanol–water partition coefficient (Wildman–Crippen LogP) is 2.50. The van der Waals surface area contributed by atoms with Gasteiger partial charge in [-0.25, -0.2) is 0 Å². The number of fused-ring (bicyclic) bond motifs is 2. The summed E-state index contributed by atoms with van der Waals surface area (Å²) >= 11 is 0. The van der Waals surface area contributed by atoms with Crippen molar-refractivity contribution in [2.75, 3.05) is 29.3 Å². The number of carbonyl (C=O) groups is 2. The van der Waals surface area contributed by atoms with Gasteiger partial charge in [-0.15, -0.1) is 0 Å². The lowest BCUT2D eigenvalue weighted by molar-refractivity contribution is -0.129. The molecule has 3 unspecified atom stereocenters. The topological polar surface area (TPSA) is 61.9 Å². The number of Topliss-reactive ketones (excluding diaryl/α,β-unsaturated/α-hetero) is 1. The normalized spacial score (nSPS) is 24.0. The van der Waals surface area contributed by atoms with Gasteiger partial charge in [0.15, 0.2) is 0 Å². The molecule has 2 aliphatic heterocycles. The minimum atomic E-state index is -0.726. The molecule has 134 valence electrons. The van der Waals surface area contributed by atoms with E-state index in [2.05, 4.69) is 5.32 Å². The predicted molar refractivity (Wildman–Crippen MR) is 101 cm³/mol. The number of nitrogens with one attached hydrogen (secondary N) is 1. The first-order chi connectivity index (χ1) is 12.5. The Labute approximate surface area is 152 Å². The van der Waals surface area contributed by atoms with Gasteiger partial charge in [0.05, 0.1) is 30.2 Å². The van der Waals surface area contributed by atoms with Crippen LogP contribution in [0.25, 0.3) is 0 Å². The Morgan fingerprint density at radius 2 is 1.73 bits per heavy atom. The molecule has 0 aromatic heterocycles. The van der Waals surface area contributed by atoms with Crippen LogP contribution in [-0.2, 0) is 9.59 Å². The molecule has 3 atom stereocenters. The average Bonchev–Trinajstić information content (AvgIpc) is 2.94. The Morgan fingerprint density at radius 1 is 1.08 bits per heavy atom. The molecule has 2 aromatic carbocycles. The van der Waals surface area contributed by atoms with Crippen LogP contribution in [0.5, 0.6) is 5.75 Å². The van der Waals surface area contributed by atoms with Gasteiger partial charge in [0, 0.05) is 7.05 Å². The zero-order valence-corrected chi connectivity index (χ0v) is 15.0. The standard InChI is InChI=1S/C20H21N3O3/c1-12(24)17-18-19(21-13-8-4-5-9-14(13)22(18)2)23(20(17)25)15-10-6-7-11-16(15)26-3/h4-11,17-19,21H,1-3H3. The van der Waals surface area contributed by atoms with Crippen LogP contribution in [0.4, 0.5) is 17.1 Å².